The molecule has 6 nitrogen and oxygen atoms in total. The summed E-state index contributed by atoms with van der Waals surface area (Å²) >= 11 is 0. The summed E-state index contributed by atoms with van der Waals surface area (Å²) in [5, 5.41) is 15.0. The molecular weight excluding hydrogens is 258 g/mol. The summed E-state index contributed by atoms with van der Waals surface area (Å²) in [5.41, 5.74) is 1.75. The normalized spacial score (nSPS) is 10.8. The van der Waals surface area contributed by atoms with Gasteiger partial charge in [-0.2, -0.15) is 5.10 Å². The molecule has 1 aromatic heterocycles. The zero-order valence-electron chi connectivity index (χ0n) is 11.3. The SMILES string of the molecule is CC(C)Cn1cc(C=O)c(-c2ccc([N+](=O)[O-])cc2)n1. The molecule has 0 aliphatic heterocycles. The van der Waals surface area contributed by atoms with Crippen LogP contribution in [0.15, 0.2) is 30.5 Å². The maximum atomic E-state index is 11.1. The molecule has 0 saturated carbocycles. The number of benzene rings is 1. The lowest BCUT2D eigenvalue weighted by Crippen LogP contribution is -2.04. The van der Waals surface area contributed by atoms with Crippen LogP contribution in [0.1, 0.15) is 24.2 Å². The van der Waals surface area contributed by atoms with E-state index in [1.165, 1.54) is 12.1 Å². The largest absolute Gasteiger partial charge is 0.298 e. The molecule has 0 atom stereocenters. The Labute approximate surface area is 116 Å². The van der Waals surface area contributed by atoms with Crippen LogP contribution < -0.4 is 0 Å². The summed E-state index contributed by atoms with van der Waals surface area (Å²) in [6, 6.07) is 6.02. The molecule has 6 heteroatoms. The van der Waals surface area contributed by atoms with Crippen molar-refractivity contribution in [3.63, 3.8) is 0 Å². The third kappa shape index (κ3) is 2.90. The van der Waals surface area contributed by atoms with Crippen LogP contribution in [0, 0.1) is 16.0 Å². The highest BCUT2D eigenvalue weighted by Crippen LogP contribution is 2.23. The van der Waals surface area contributed by atoms with Gasteiger partial charge in [0.15, 0.2) is 6.29 Å². The van der Waals surface area contributed by atoms with Gasteiger partial charge in [0.05, 0.1) is 10.5 Å². The standard InChI is InChI=1S/C14H15N3O3/c1-10(2)7-16-8-12(9-18)14(15-16)11-3-5-13(6-4-11)17(19)20/h3-6,8-10H,7H2,1-2H3. The molecule has 1 aromatic carbocycles. The smallest absolute Gasteiger partial charge is 0.269 e. The van der Waals surface area contributed by atoms with Crippen molar-refractivity contribution >= 4 is 12.0 Å². The third-order valence-electron chi connectivity index (χ3n) is 2.82. The maximum Gasteiger partial charge on any atom is 0.269 e. The molecule has 0 N–H and O–H groups in total. The van der Waals surface area contributed by atoms with E-state index in [1.807, 2.05) is 0 Å². The molecule has 0 fully saturated rings. The average molecular weight is 273 g/mol. The highest BCUT2D eigenvalue weighted by molar-refractivity contribution is 5.85. The number of hydrogen-bond donors (Lipinski definition) is 0. The number of nitro benzene ring substituents is 1. The van der Waals surface area contributed by atoms with Crippen LogP contribution in [0.4, 0.5) is 5.69 Å². The first-order chi connectivity index (χ1) is 9.51. The van der Waals surface area contributed by atoms with Gasteiger partial charge in [-0.3, -0.25) is 19.6 Å². The number of aromatic nitrogens is 2. The van der Waals surface area contributed by atoms with E-state index >= 15 is 0 Å². The van der Waals surface area contributed by atoms with Crippen LogP contribution in [0.5, 0.6) is 0 Å². The van der Waals surface area contributed by atoms with Gasteiger partial charge in [0.25, 0.3) is 5.69 Å². The zero-order chi connectivity index (χ0) is 14.7. The zero-order valence-corrected chi connectivity index (χ0v) is 11.3. The summed E-state index contributed by atoms with van der Waals surface area (Å²) in [7, 11) is 0. The first kappa shape index (κ1) is 13.9. The minimum absolute atomic E-state index is 0.0167. The first-order valence-electron chi connectivity index (χ1n) is 6.28. The molecule has 0 unspecified atom stereocenters. The van der Waals surface area contributed by atoms with Crippen molar-refractivity contribution in [1.29, 1.82) is 0 Å². The summed E-state index contributed by atoms with van der Waals surface area (Å²) in [6.45, 7) is 4.84. The number of non-ortho nitro benzene ring substituents is 1. The summed E-state index contributed by atoms with van der Waals surface area (Å²) in [5.74, 6) is 0.416. The van der Waals surface area contributed by atoms with Crippen molar-refractivity contribution in [3.05, 3.63) is 46.1 Å². The van der Waals surface area contributed by atoms with Gasteiger partial charge >= 0.3 is 0 Å². The van der Waals surface area contributed by atoms with Gasteiger partial charge in [-0.25, -0.2) is 0 Å². The van der Waals surface area contributed by atoms with Crippen LogP contribution in [-0.4, -0.2) is 21.0 Å². The fraction of sp³-hybridized carbons (Fsp3) is 0.286. The molecule has 20 heavy (non-hydrogen) atoms. The predicted octanol–water partition coefficient (Wildman–Crippen LogP) is 2.93. The third-order valence-corrected chi connectivity index (χ3v) is 2.82. The summed E-state index contributed by atoms with van der Waals surface area (Å²) in [6.07, 6.45) is 2.45. The lowest BCUT2D eigenvalue weighted by atomic mass is 10.1. The van der Waals surface area contributed by atoms with E-state index in [-0.39, 0.29) is 5.69 Å². The predicted molar refractivity (Wildman–Crippen MR) is 74.5 cm³/mol. The molecule has 104 valence electrons. The number of nitrogens with zero attached hydrogens (tertiary/aromatic N) is 3. The van der Waals surface area contributed by atoms with E-state index in [0.717, 1.165) is 6.29 Å². The number of rotatable bonds is 5. The van der Waals surface area contributed by atoms with Crippen LogP contribution in [0.2, 0.25) is 0 Å². The van der Waals surface area contributed by atoms with E-state index in [4.69, 9.17) is 0 Å². The molecular formula is C14H15N3O3. The quantitative estimate of drug-likeness (QED) is 0.476. The molecule has 0 aliphatic rings. The fourth-order valence-electron chi connectivity index (χ4n) is 1.96. The number of carbonyl (C=O) groups is 1. The molecule has 0 spiro atoms. The Kier molecular flexibility index (Phi) is 3.93. The van der Waals surface area contributed by atoms with Gasteiger partial charge in [-0.05, 0) is 18.1 Å². The van der Waals surface area contributed by atoms with Gasteiger partial charge in [0.2, 0.25) is 0 Å². The Morgan fingerprint density at radius 3 is 2.50 bits per heavy atom. The van der Waals surface area contributed by atoms with Crippen molar-refractivity contribution in [2.24, 2.45) is 5.92 Å². The molecule has 0 radical (unpaired) electrons. The lowest BCUT2D eigenvalue weighted by molar-refractivity contribution is -0.384. The Hall–Kier alpha value is -2.50. The highest BCUT2D eigenvalue weighted by atomic mass is 16.6. The van der Waals surface area contributed by atoms with E-state index in [2.05, 4.69) is 18.9 Å². The minimum Gasteiger partial charge on any atom is -0.298 e. The second-order valence-corrected chi connectivity index (χ2v) is 4.97. The summed E-state index contributed by atoms with van der Waals surface area (Å²) in [4.78, 5) is 21.3. The van der Waals surface area contributed by atoms with Crippen LogP contribution in [0.3, 0.4) is 0 Å². The molecule has 1 heterocycles. The Morgan fingerprint density at radius 1 is 1.35 bits per heavy atom. The monoisotopic (exact) mass is 273 g/mol. The number of aldehydes is 1. The maximum absolute atomic E-state index is 11.1. The van der Waals surface area contributed by atoms with Gasteiger partial charge in [0.1, 0.15) is 5.69 Å². The van der Waals surface area contributed by atoms with E-state index < -0.39 is 4.92 Å². The van der Waals surface area contributed by atoms with Crippen molar-refractivity contribution in [2.75, 3.05) is 0 Å². The fourth-order valence-corrected chi connectivity index (χ4v) is 1.96. The molecule has 0 saturated heterocycles. The molecule has 0 bridgehead atoms. The summed E-state index contributed by atoms with van der Waals surface area (Å²) < 4.78 is 1.73. The minimum atomic E-state index is -0.457. The van der Waals surface area contributed by atoms with Gasteiger partial charge in [-0.1, -0.05) is 13.8 Å². The van der Waals surface area contributed by atoms with Gasteiger partial charge < -0.3 is 0 Å². The van der Waals surface area contributed by atoms with Crippen molar-refractivity contribution < 1.29 is 9.72 Å². The van der Waals surface area contributed by atoms with E-state index in [1.54, 1.807) is 23.0 Å². The first-order valence-corrected chi connectivity index (χ1v) is 6.28. The second kappa shape index (κ2) is 5.64. The number of hydrogen-bond acceptors (Lipinski definition) is 4. The van der Waals surface area contributed by atoms with Crippen LogP contribution >= 0.6 is 0 Å². The van der Waals surface area contributed by atoms with Gasteiger partial charge in [0, 0.05) is 30.4 Å². The van der Waals surface area contributed by atoms with Crippen molar-refractivity contribution in [2.45, 2.75) is 20.4 Å². The van der Waals surface area contributed by atoms with Crippen molar-refractivity contribution in [3.8, 4) is 11.3 Å². The highest BCUT2D eigenvalue weighted by Gasteiger charge is 2.13. The Morgan fingerprint density at radius 2 is 2.00 bits per heavy atom. The lowest BCUT2D eigenvalue weighted by Gasteiger charge is -2.03. The number of nitro groups is 1. The second-order valence-electron chi connectivity index (χ2n) is 4.97. The molecule has 0 aliphatic carbocycles. The Balaban J connectivity index is 2.38. The van der Waals surface area contributed by atoms with E-state index in [0.29, 0.717) is 29.3 Å². The van der Waals surface area contributed by atoms with Crippen molar-refractivity contribution in [1.82, 2.24) is 9.78 Å². The van der Waals surface area contributed by atoms with Crippen LogP contribution in [-0.2, 0) is 6.54 Å². The topological polar surface area (TPSA) is 78.0 Å². The number of carbonyl (C=O) groups excluding carboxylic acids is 1. The molecule has 0 amide bonds. The van der Waals surface area contributed by atoms with Crippen LogP contribution in [0.25, 0.3) is 11.3 Å². The van der Waals surface area contributed by atoms with Gasteiger partial charge in [-0.15, -0.1) is 0 Å². The molecule has 2 aromatic rings. The Bertz CT molecular complexity index is 630. The average Bonchev–Trinajstić information content (AvgIpc) is 2.81. The molecule has 2 rings (SSSR count). The van der Waals surface area contributed by atoms with E-state index in [9.17, 15) is 14.9 Å².